The fourth-order valence-electron chi connectivity index (χ4n) is 2.03. The number of pyridine rings is 1. The van der Waals surface area contributed by atoms with Gasteiger partial charge in [0.05, 0.1) is 18.3 Å². The zero-order valence-corrected chi connectivity index (χ0v) is 13.4. The quantitative estimate of drug-likeness (QED) is 0.633. The van der Waals surface area contributed by atoms with Crippen molar-refractivity contribution in [2.75, 3.05) is 7.11 Å². The van der Waals surface area contributed by atoms with Gasteiger partial charge in [-0.15, -0.1) is 0 Å². The van der Waals surface area contributed by atoms with Crippen LogP contribution in [0, 0.1) is 0 Å². The van der Waals surface area contributed by atoms with Gasteiger partial charge in [0.25, 0.3) is 0 Å². The number of hydrogen-bond donors (Lipinski definition) is 1. The molecule has 0 aliphatic heterocycles. The second-order valence-electron chi connectivity index (χ2n) is 4.89. The lowest BCUT2D eigenvalue weighted by Crippen LogP contribution is -2.48. The van der Waals surface area contributed by atoms with E-state index in [1.54, 1.807) is 6.07 Å². The first-order valence-electron chi connectivity index (χ1n) is 6.75. The van der Waals surface area contributed by atoms with Crippen LogP contribution >= 0.6 is 11.6 Å². The molecule has 1 N–H and O–H groups in total. The van der Waals surface area contributed by atoms with Crippen molar-refractivity contribution >= 4 is 34.9 Å². The Hall–Kier alpha value is -2.62. The fraction of sp³-hybridized carbons (Fsp3) is 0.286. The number of halogens is 4. The number of aromatic nitrogens is 2. The third kappa shape index (κ3) is 4.27. The normalized spacial score (nSPS) is 12.7. The largest absolute Gasteiger partial charge is 0.471 e. The Morgan fingerprint density at radius 2 is 2.04 bits per heavy atom. The van der Waals surface area contributed by atoms with Gasteiger partial charge in [-0.05, 0) is 12.1 Å². The number of esters is 1. The lowest BCUT2D eigenvalue weighted by molar-refractivity contribution is -0.175. The summed E-state index contributed by atoms with van der Waals surface area (Å²) in [6.07, 6.45) is -3.37. The first kappa shape index (κ1) is 18.7. The van der Waals surface area contributed by atoms with Gasteiger partial charge in [0, 0.05) is 12.6 Å². The molecule has 2 aromatic rings. The molecule has 11 heteroatoms. The number of ketones is 1. The lowest BCUT2D eigenvalue weighted by Gasteiger charge is -2.16. The van der Waals surface area contributed by atoms with Gasteiger partial charge in [0.1, 0.15) is 17.4 Å². The van der Waals surface area contributed by atoms with Crippen LogP contribution in [0.2, 0.25) is 5.02 Å². The fourth-order valence-corrected chi connectivity index (χ4v) is 2.19. The maximum absolute atomic E-state index is 12.4. The minimum absolute atomic E-state index is 0.00680. The number of nitrogens with one attached hydrogen (secondary N) is 1. The molecule has 0 aliphatic rings. The first-order chi connectivity index (χ1) is 11.6. The Balaban J connectivity index is 2.25. The van der Waals surface area contributed by atoms with Crippen LogP contribution in [0.4, 0.5) is 13.2 Å². The van der Waals surface area contributed by atoms with E-state index in [0.29, 0.717) is 10.7 Å². The van der Waals surface area contributed by atoms with Crippen molar-refractivity contribution in [3.8, 4) is 0 Å². The van der Waals surface area contributed by atoms with E-state index in [2.05, 4.69) is 9.72 Å². The molecule has 134 valence electrons. The Morgan fingerprint density at radius 3 is 2.64 bits per heavy atom. The summed E-state index contributed by atoms with van der Waals surface area (Å²) in [6, 6.07) is 1.28. The van der Waals surface area contributed by atoms with Gasteiger partial charge in [-0.1, -0.05) is 11.6 Å². The number of alkyl halides is 3. The number of fused-ring (bicyclic) bond motifs is 1. The highest BCUT2D eigenvalue weighted by molar-refractivity contribution is 6.30. The predicted octanol–water partition coefficient (Wildman–Crippen LogP) is 1.78. The van der Waals surface area contributed by atoms with Gasteiger partial charge in [-0.3, -0.25) is 14.0 Å². The summed E-state index contributed by atoms with van der Waals surface area (Å²) in [5, 5.41) is 1.75. The molecule has 0 radical (unpaired) electrons. The molecule has 0 aromatic carbocycles. The Bertz CT molecular complexity index is 834. The minimum atomic E-state index is -5.20. The van der Waals surface area contributed by atoms with Crippen molar-refractivity contribution in [2.45, 2.75) is 18.6 Å². The number of carbonyl (C=O) groups is 3. The van der Waals surface area contributed by atoms with Gasteiger partial charge < -0.3 is 10.1 Å². The Morgan fingerprint density at radius 1 is 1.36 bits per heavy atom. The van der Waals surface area contributed by atoms with Crippen molar-refractivity contribution in [3.05, 3.63) is 35.2 Å². The zero-order chi connectivity index (χ0) is 18.8. The molecule has 0 fully saturated rings. The number of amides is 1. The van der Waals surface area contributed by atoms with Crippen molar-refractivity contribution in [3.63, 3.8) is 0 Å². The van der Waals surface area contributed by atoms with Gasteiger partial charge in [0.15, 0.2) is 5.78 Å². The van der Waals surface area contributed by atoms with E-state index < -0.39 is 36.3 Å². The number of imidazole rings is 1. The zero-order valence-electron chi connectivity index (χ0n) is 12.6. The third-order valence-corrected chi connectivity index (χ3v) is 3.42. The highest BCUT2D eigenvalue weighted by Gasteiger charge is 2.41. The predicted molar refractivity (Wildman–Crippen MR) is 79.2 cm³/mol. The summed E-state index contributed by atoms with van der Waals surface area (Å²) < 4.78 is 42.7. The monoisotopic (exact) mass is 377 g/mol. The van der Waals surface area contributed by atoms with E-state index in [4.69, 9.17) is 11.6 Å². The average molecular weight is 378 g/mol. The Labute approximate surface area is 143 Å². The molecule has 0 saturated carbocycles. The van der Waals surface area contributed by atoms with Crippen LogP contribution in [0.5, 0.6) is 0 Å². The summed E-state index contributed by atoms with van der Waals surface area (Å²) in [7, 11) is 0.924. The van der Waals surface area contributed by atoms with Gasteiger partial charge >= 0.3 is 18.1 Å². The van der Waals surface area contributed by atoms with Crippen LogP contribution in [0.3, 0.4) is 0 Å². The summed E-state index contributed by atoms with van der Waals surface area (Å²) >= 11 is 5.83. The maximum atomic E-state index is 12.4. The highest BCUT2D eigenvalue weighted by Crippen LogP contribution is 2.17. The molecule has 0 unspecified atom stereocenters. The lowest BCUT2D eigenvalue weighted by atomic mass is 10.1. The van der Waals surface area contributed by atoms with Crippen molar-refractivity contribution in [1.29, 1.82) is 0 Å². The van der Waals surface area contributed by atoms with Crippen LogP contribution in [0.25, 0.3) is 5.65 Å². The number of nitrogens with zero attached hydrogens (tertiary/aromatic N) is 2. The molecule has 1 atom stereocenters. The molecular formula is C14H11ClF3N3O4. The number of hydrogen-bond acceptors (Lipinski definition) is 5. The molecule has 0 bridgehead atoms. The van der Waals surface area contributed by atoms with E-state index in [1.165, 1.54) is 28.2 Å². The SMILES string of the molecule is COC(=O)[C@@H](CC(=O)c1cnc2ccc(Cl)cn12)NC(=O)C(F)(F)F. The van der Waals surface area contributed by atoms with E-state index >= 15 is 0 Å². The molecule has 25 heavy (non-hydrogen) atoms. The topological polar surface area (TPSA) is 89.8 Å². The molecule has 7 nitrogen and oxygen atoms in total. The van der Waals surface area contributed by atoms with Crippen LogP contribution < -0.4 is 5.32 Å². The number of rotatable bonds is 5. The molecule has 0 saturated heterocycles. The van der Waals surface area contributed by atoms with Crippen LogP contribution in [-0.2, 0) is 14.3 Å². The molecule has 0 spiro atoms. The van der Waals surface area contributed by atoms with Gasteiger partial charge in [-0.25, -0.2) is 9.78 Å². The number of Topliss-reactive ketones (excluding diaryl/α,β-unsaturated/α-hetero) is 1. The van der Waals surface area contributed by atoms with Crippen LogP contribution in [0.1, 0.15) is 16.9 Å². The number of carbonyl (C=O) groups excluding carboxylic acids is 3. The molecule has 2 rings (SSSR count). The molecule has 2 heterocycles. The van der Waals surface area contributed by atoms with Crippen molar-refractivity contribution in [2.24, 2.45) is 0 Å². The third-order valence-electron chi connectivity index (χ3n) is 3.19. The second kappa shape index (κ2) is 7.09. The highest BCUT2D eigenvalue weighted by atomic mass is 35.5. The summed E-state index contributed by atoms with van der Waals surface area (Å²) in [5.41, 5.74) is 0.370. The molecule has 1 amide bonds. The maximum Gasteiger partial charge on any atom is 0.471 e. The van der Waals surface area contributed by atoms with E-state index in [0.717, 1.165) is 7.11 Å². The van der Waals surface area contributed by atoms with E-state index in [9.17, 15) is 27.6 Å². The summed E-state index contributed by atoms with van der Waals surface area (Å²) in [4.78, 5) is 38.9. The molecule has 2 aromatic heterocycles. The van der Waals surface area contributed by atoms with Gasteiger partial charge in [0.2, 0.25) is 0 Å². The van der Waals surface area contributed by atoms with Crippen LogP contribution in [0.15, 0.2) is 24.5 Å². The molecule has 0 aliphatic carbocycles. The number of methoxy groups -OCH3 is 1. The minimum Gasteiger partial charge on any atom is -0.467 e. The van der Waals surface area contributed by atoms with Crippen LogP contribution in [-0.4, -0.2) is 46.4 Å². The summed E-state index contributed by atoms with van der Waals surface area (Å²) in [5.74, 6) is -4.26. The average Bonchev–Trinajstić information content (AvgIpc) is 2.95. The van der Waals surface area contributed by atoms with E-state index in [-0.39, 0.29) is 5.69 Å². The second-order valence-corrected chi connectivity index (χ2v) is 5.33. The standard InChI is InChI=1S/C14H11ClF3N3O4/c1-25-12(23)8(20-13(24)14(16,17)18)4-10(22)9-5-19-11-3-2-7(15)6-21(9)11/h2-3,5-6,8H,4H2,1H3,(H,20,24)/t8-/m1/s1. The van der Waals surface area contributed by atoms with Crippen molar-refractivity contribution in [1.82, 2.24) is 14.7 Å². The molecular weight excluding hydrogens is 367 g/mol. The number of ether oxygens (including phenoxy) is 1. The van der Waals surface area contributed by atoms with E-state index in [1.807, 2.05) is 0 Å². The van der Waals surface area contributed by atoms with Crippen molar-refractivity contribution < 1.29 is 32.3 Å². The Kier molecular flexibility index (Phi) is 5.31. The summed E-state index contributed by atoms with van der Waals surface area (Å²) in [6.45, 7) is 0. The first-order valence-corrected chi connectivity index (χ1v) is 7.12. The van der Waals surface area contributed by atoms with Gasteiger partial charge in [-0.2, -0.15) is 13.2 Å². The smallest absolute Gasteiger partial charge is 0.467 e.